The van der Waals surface area contributed by atoms with Gasteiger partial charge in [-0.3, -0.25) is 9.59 Å². The minimum absolute atomic E-state index is 0.0775. The van der Waals surface area contributed by atoms with Gasteiger partial charge in [0, 0.05) is 11.1 Å². The van der Waals surface area contributed by atoms with Gasteiger partial charge < -0.3 is 9.73 Å². The van der Waals surface area contributed by atoms with E-state index >= 15 is 0 Å². The first-order valence-electron chi connectivity index (χ1n) is 11.3. The van der Waals surface area contributed by atoms with Crippen molar-refractivity contribution in [1.29, 1.82) is 0 Å². The largest absolute Gasteiger partial charge is 0.416 e. The van der Waals surface area contributed by atoms with Crippen molar-refractivity contribution in [2.75, 3.05) is 11.1 Å². The number of benzene rings is 3. The summed E-state index contributed by atoms with van der Waals surface area (Å²) in [5.74, 6) is -0.507. The topological polar surface area (TPSA) is 103 Å². The van der Waals surface area contributed by atoms with E-state index in [1.807, 2.05) is 30.3 Å². The number of rotatable bonds is 7. The lowest BCUT2D eigenvalue weighted by Gasteiger charge is -2.09. The van der Waals surface area contributed by atoms with E-state index in [9.17, 15) is 22.8 Å². The maximum Gasteiger partial charge on any atom is 0.416 e. The van der Waals surface area contributed by atoms with Crippen LogP contribution < -0.4 is 10.9 Å². The van der Waals surface area contributed by atoms with E-state index in [-0.39, 0.29) is 34.7 Å². The second-order valence-corrected chi connectivity index (χ2v) is 9.05. The number of hydrogen-bond acceptors (Lipinski definition) is 7. The highest BCUT2D eigenvalue weighted by Crippen LogP contribution is 2.30. The quantitative estimate of drug-likeness (QED) is 0.283. The van der Waals surface area contributed by atoms with Crippen LogP contribution in [0.15, 0.2) is 93.3 Å². The van der Waals surface area contributed by atoms with E-state index in [0.717, 1.165) is 29.5 Å². The molecule has 0 saturated heterocycles. The van der Waals surface area contributed by atoms with Crippen LogP contribution in [-0.2, 0) is 17.5 Å². The molecule has 5 rings (SSSR count). The van der Waals surface area contributed by atoms with E-state index < -0.39 is 17.6 Å². The highest BCUT2D eigenvalue weighted by atomic mass is 32.2. The number of fused-ring (bicyclic) bond motifs is 1. The Labute approximate surface area is 217 Å². The number of thioether (sulfide) groups is 1. The lowest BCUT2D eigenvalue weighted by molar-refractivity contribution is -0.137. The smallest absolute Gasteiger partial charge is 0.409 e. The van der Waals surface area contributed by atoms with Gasteiger partial charge >= 0.3 is 6.18 Å². The molecule has 2 aromatic heterocycles. The molecule has 192 valence electrons. The summed E-state index contributed by atoms with van der Waals surface area (Å²) >= 11 is 0.957. The second kappa shape index (κ2) is 10.5. The molecule has 2 heterocycles. The predicted molar refractivity (Wildman–Crippen MR) is 136 cm³/mol. The Morgan fingerprint density at radius 3 is 2.32 bits per heavy atom. The maximum atomic E-state index is 13.0. The Kier molecular flexibility index (Phi) is 6.97. The van der Waals surface area contributed by atoms with Crippen LogP contribution in [0, 0.1) is 0 Å². The fourth-order valence-corrected chi connectivity index (χ4v) is 4.25. The van der Waals surface area contributed by atoms with Crippen molar-refractivity contribution < 1.29 is 22.4 Å². The number of anilines is 1. The molecule has 12 heteroatoms. The molecule has 0 aliphatic heterocycles. The highest BCUT2D eigenvalue weighted by Gasteiger charge is 2.30. The van der Waals surface area contributed by atoms with Gasteiger partial charge in [-0.2, -0.15) is 18.3 Å². The molecule has 5 aromatic rings. The van der Waals surface area contributed by atoms with E-state index in [4.69, 9.17) is 4.42 Å². The summed E-state index contributed by atoms with van der Waals surface area (Å²) < 4.78 is 45.2. The third kappa shape index (κ3) is 5.59. The first-order chi connectivity index (χ1) is 18.3. The SMILES string of the molecule is O=C(CSc1nnc(-c2nn(Cc3ccccc3)c(=O)c3ccccc23)o1)Nc1ccc(C(F)(F)F)cc1. The number of nitrogens with one attached hydrogen (secondary N) is 1. The highest BCUT2D eigenvalue weighted by molar-refractivity contribution is 7.99. The molecule has 0 aliphatic carbocycles. The number of nitrogens with zero attached hydrogens (tertiary/aromatic N) is 4. The summed E-state index contributed by atoms with van der Waals surface area (Å²) in [5.41, 5.74) is 0.377. The molecule has 8 nitrogen and oxygen atoms in total. The number of hydrogen-bond donors (Lipinski definition) is 1. The zero-order chi connectivity index (χ0) is 26.7. The molecular formula is C26H18F3N5O3S. The fourth-order valence-electron chi connectivity index (χ4n) is 3.69. The maximum absolute atomic E-state index is 13.0. The van der Waals surface area contributed by atoms with Gasteiger partial charge in [0.1, 0.15) is 0 Å². The van der Waals surface area contributed by atoms with Crippen LogP contribution in [0.3, 0.4) is 0 Å². The van der Waals surface area contributed by atoms with Crippen molar-refractivity contribution in [3.8, 4) is 11.6 Å². The molecule has 0 atom stereocenters. The van der Waals surface area contributed by atoms with E-state index in [1.54, 1.807) is 24.3 Å². The molecule has 0 radical (unpaired) electrons. The number of carbonyl (C=O) groups excluding carboxylic acids is 1. The van der Waals surface area contributed by atoms with Crippen molar-refractivity contribution in [3.05, 3.63) is 100 Å². The summed E-state index contributed by atoms with van der Waals surface area (Å²) in [6.45, 7) is 0.247. The molecule has 1 amide bonds. The Morgan fingerprint density at radius 2 is 1.61 bits per heavy atom. The van der Waals surface area contributed by atoms with Gasteiger partial charge in [-0.15, -0.1) is 10.2 Å². The van der Waals surface area contributed by atoms with Gasteiger partial charge in [0.05, 0.1) is 23.2 Å². The van der Waals surface area contributed by atoms with E-state index in [0.29, 0.717) is 16.5 Å². The minimum atomic E-state index is -4.46. The summed E-state index contributed by atoms with van der Waals surface area (Å²) in [6.07, 6.45) is -4.46. The van der Waals surface area contributed by atoms with Crippen LogP contribution in [0.4, 0.5) is 18.9 Å². The number of alkyl halides is 3. The fraction of sp³-hybridized carbons (Fsp3) is 0.115. The third-order valence-electron chi connectivity index (χ3n) is 5.47. The van der Waals surface area contributed by atoms with E-state index in [1.165, 1.54) is 16.8 Å². The molecule has 1 N–H and O–H groups in total. The van der Waals surface area contributed by atoms with Gasteiger partial charge in [-0.1, -0.05) is 60.3 Å². The molecular weight excluding hydrogens is 519 g/mol. The Hall–Kier alpha value is -4.45. The number of aromatic nitrogens is 4. The van der Waals surface area contributed by atoms with Crippen molar-refractivity contribution in [1.82, 2.24) is 20.0 Å². The molecule has 0 fully saturated rings. The van der Waals surface area contributed by atoms with Crippen molar-refractivity contribution in [2.24, 2.45) is 0 Å². The average Bonchev–Trinajstić information content (AvgIpc) is 3.38. The molecule has 38 heavy (non-hydrogen) atoms. The first-order valence-corrected chi connectivity index (χ1v) is 12.2. The summed E-state index contributed by atoms with van der Waals surface area (Å²) in [5, 5.41) is 16.1. The van der Waals surface area contributed by atoms with E-state index in [2.05, 4.69) is 20.6 Å². The van der Waals surface area contributed by atoms with Crippen LogP contribution in [0.1, 0.15) is 11.1 Å². The molecule has 0 bridgehead atoms. The monoisotopic (exact) mass is 537 g/mol. The zero-order valence-electron chi connectivity index (χ0n) is 19.5. The van der Waals surface area contributed by atoms with Gasteiger partial charge in [-0.25, -0.2) is 4.68 Å². The lowest BCUT2D eigenvalue weighted by Crippen LogP contribution is -2.24. The van der Waals surface area contributed by atoms with Crippen LogP contribution in [-0.4, -0.2) is 31.6 Å². The van der Waals surface area contributed by atoms with Gasteiger partial charge in [-0.05, 0) is 35.9 Å². The Balaban J connectivity index is 1.33. The van der Waals surface area contributed by atoms with Crippen LogP contribution in [0.25, 0.3) is 22.4 Å². The Morgan fingerprint density at radius 1 is 0.921 bits per heavy atom. The number of halogens is 3. The molecule has 0 unspecified atom stereocenters. The molecule has 0 spiro atoms. The summed E-state index contributed by atoms with van der Waals surface area (Å²) in [6, 6.07) is 20.5. The summed E-state index contributed by atoms with van der Waals surface area (Å²) in [4.78, 5) is 25.3. The van der Waals surface area contributed by atoms with Crippen molar-refractivity contribution in [2.45, 2.75) is 17.9 Å². The first kappa shape index (κ1) is 25.2. The lowest BCUT2D eigenvalue weighted by atomic mass is 10.1. The van der Waals surface area contributed by atoms with Crippen molar-refractivity contribution in [3.63, 3.8) is 0 Å². The van der Waals surface area contributed by atoms with Gasteiger partial charge in [0.25, 0.3) is 16.7 Å². The van der Waals surface area contributed by atoms with Crippen LogP contribution >= 0.6 is 11.8 Å². The number of amides is 1. The standard InChI is InChI=1S/C26H18F3N5O3S/c27-26(28,29)17-10-12-18(13-11-17)30-21(35)15-38-25-32-31-23(37-25)22-19-8-4-5-9-20(19)24(36)34(33-22)14-16-6-2-1-3-7-16/h1-13H,14-15H2,(H,30,35). The number of carbonyl (C=O) groups is 1. The van der Waals surface area contributed by atoms with Crippen LogP contribution in [0.5, 0.6) is 0 Å². The predicted octanol–water partition coefficient (Wildman–Crippen LogP) is 5.24. The van der Waals surface area contributed by atoms with Crippen molar-refractivity contribution >= 4 is 34.1 Å². The molecule has 3 aromatic carbocycles. The average molecular weight is 538 g/mol. The Bertz CT molecular complexity index is 1650. The van der Waals surface area contributed by atoms with Gasteiger partial charge in [0.2, 0.25) is 5.91 Å². The molecule has 0 saturated carbocycles. The minimum Gasteiger partial charge on any atom is -0.409 e. The van der Waals surface area contributed by atoms with Gasteiger partial charge in [0.15, 0.2) is 5.69 Å². The van der Waals surface area contributed by atoms with Crippen LogP contribution in [0.2, 0.25) is 0 Å². The second-order valence-electron chi connectivity index (χ2n) is 8.13. The zero-order valence-corrected chi connectivity index (χ0v) is 20.3. The molecule has 0 aliphatic rings. The third-order valence-corrected chi connectivity index (χ3v) is 6.29. The summed E-state index contributed by atoms with van der Waals surface area (Å²) in [7, 11) is 0. The normalized spacial score (nSPS) is 11.6.